The summed E-state index contributed by atoms with van der Waals surface area (Å²) in [5.74, 6) is 2.94. The first-order chi connectivity index (χ1) is 15.4. The van der Waals surface area contributed by atoms with Gasteiger partial charge in [0.15, 0.2) is 5.82 Å². The number of rotatable bonds is 6. The Morgan fingerprint density at radius 3 is 2.53 bits per heavy atom. The third-order valence-corrected chi connectivity index (χ3v) is 6.37. The molecule has 5 rings (SSSR count). The summed E-state index contributed by atoms with van der Waals surface area (Å²) in [4.78, 5) is 13.3. The lowest BCUT2D eigenvalue weighted by atomic mass is 10.1. The molecule has 0 aromatic carbocycles. The van der Waals surface area contributed by atoms with Crippen LogP contribution in [0.3, 0.4) is 0 Å². The number of halogens is 1. The highest BCUT2D eigenvalue weighted by Gasteiger charge is 2.26. The summed E-state index contributed by atoms with van der Waals surface area (Å²) in [6.07, 6.45) is 5.90. The average Bonchev–Trinajstić information content (AvgIpc) is 3.51. The van der Waals surface area contributed by atoms with Gasteiger partial charge in [0, 0.05) is 35.6 Å². The van der Waals surface area contributed by atoms with Crippen LogP contribution in [0.15, 0.2) is 30.7 Å². The highest BCUT2D eigenvalue weighted by molar-refractivity contribution is 6.31. The fourth-order valence-electron chi connectivity index (χ4n) is 3.77. The van der Waals surface area contributed by atoms with Crippen molar-refractivity contribution < 1.29 is 0 Å². The number of anilines is 2. The van der Waals surface area contributed by atoms with Gasteiger partial charge in [-0.15, -0.1) is 0 Å². The first kappa shape index (κ1) is 20.6. The van der Waals surface area contributed by atoms with Crippen LogP contribution in [0.25, 0.3) is 17.1 Å². The zero-order valence-corrected chi connectivity index (χ0v) is 19.3. The maximum Gasteiger partial charge on any atom is 0.159 e. The number of aromatic nitrogens is 7. The second-order valence-electron chi connectivity index (χ2n) is 8.42. The molecule has 0 atom stereocenters. The average molecular weight is 449 g/mol. The summed E-state index contributed by atoms with van der Waals surface area (Å²) in [6.45, 7) is 8.75. The van der Waals surface area contributed by atoms with Gasteiger partial charge in [-0.05, 0) is 58.6 Å². The predicted octanol–water partition coefficient (Wildman–Crippen LogP) is 4.96. The Balaban J connectivity index is 1.52. The smallest absolute Gasteiger partial charge is 0.159 e. The molecule has 0 aliphatic heterocycles. The standard InChI is InChI=1S/C23H25ClN8/c1-13-5-8-18(10-25-13)22-14(2)23(31(30-22)11-17-6-7-17)28-19-9-20(27-12-26-19)32-16(4)21(24)15(3)29-32/h5,8-10,12,17H,6-7,11H2,1-4H3,(H,26,27,28). The van der Waals surface area contributed by atoms with E-state index in [1.54, 1.807) is 4.68 Å². The summed E-state index contributed by atoms with van der Waals surface area (Å²) >= 11 is 6.33. The molecule has 0 amide bonds. The van der Waals surface area contributed by atoms with E-state index in [1.807, 2.05) is 39.1 Å². The second kappa shape index (κ2) is 8.02. The lowest BCUT2D eigenvalue weighted by Crippen LogP contribution is -2.09. The summed E-state index contributed by atoms with van der Waals surface area (Å²) in [5, 5.41) is 13.6. The molecule has 32 heavy (non-hydrogen) atoms. The van der Waals surface area contributed by atoms with Crippen molar-refractivity contribution in [3.05, 3.63) is 58.4 Å². The number of pyridine rings is 1. The van der Waals surface area contributed by atoms with Crippen molar-refractivity contribution in [2.75, 3.05) is 5.32 Å². The van der Waals surface area contributed by atoms with Gasteiger partial charge in [0.2, 0.25) is 0 Å². The van der Waals surface area contributed by atoms with Crippen LogP contribution in [-0.2, 0) is 6.54 Å². The minimum atomic E-state index is 0.646. The number of nitrogens with one attached hydrogen (secondary N) is 1. The number of nitrogens with zero attached hydrogens (tertiary/aromatic N) is 7. The van der Waals surface area contributed by atoms with Crippen LogP contribution in [0.1, 0.15) is 35.5 Å². The molecule has 0 unspecified atom stereocenters. The molecule has 9 heteroatoms. The van der Waals surface area contributed by atoms with Crippen LogP contribution in [0.5, 0.6) is 0 Å². The summed E-state index contributed by atoms with van der Waals surface area (Å²) in [7, 11) is 0. The molecule has 4 heterocycles. The predicted molar refractivity (Wildman–Crippen MR) is 125 cm³/mol. The first-order valence-corrected chi connectivity index (χ1v) is 11.1. The van der Waals surface area contributed by atoms with Crippen molar-refractivity contribution in [1.29, 1.82) is 0 Å². The molecule has 0 spiro atoms. The van der Waals surface area contributed by atoms with E-state index in [2.05, 4.69) is 43.0 Å². The molecule has 0 saturated heterocycles. The minimum absolute atomic E-state index is 0.646. The molecule has 0 radical (unpaired) electrons. The van der Waals surface area contributed by atoms with Crippen molar-refractivity contribution in [1.82, 2.24) is 34.5 Å². The third kappa shape index (κ3) is 3.86. The fraction of sp³-hybridized carbons (Fsp3) is 0.348. The summed E-state index contributed by atoms with van der Waals surface area (Å²) in [6, 6.07) is 5.95. The van der Waals surface area contributed by atoms with Gasteiger partial charge in [0.25, 0.3) is 0 Å². The van der Waals surface area contributed by atoms with E-state index in [9.17, 15) is 0 Å². The largest absolute Gasteiger partial charge is 0.325 e. The topological polar surface area (TPSA) is 86.3 Å². The van der Waals surface area contributed by atoms with Crippen LogP contribution >= 0.6 is 11.6 Å². The van der Waals surface area contributed by atoms with E-state index in [0.717, 1.165) is 46.3 Å². The molecule has 4 aromatic rings. The van der Waals surface area contributed by atoms with Crippen LogP contribution in [-0.4, -0.2) is 34.5 Å². The fourth-order valence-corrected chi connectivity index (χ4v) is 3.89. The molecule has 0 bridgehead atoms. The number of aryl methyl sites for hydroxylation is 2. The van der Waals surface area contributed by atoms with Crippen molar-refractivity contribution >= 4 is 23.2 Å². The van der Waals surface area contributed by atoms with E-state index < -0.39 is 0 Å². The Hall–Kier alpha value is -3.26. The number of hydrogen-bond acceptors (Lipinski definition) is 6. The monoisotopic (exact) mass is 448 g/mol. The van der Waals surface area contributed by atoms with E-state index in [4.69, 9.17) is 16.7 Å². The van der Waals surface area contributed by atoms with Crippen molar-refractivity contribution in [2.45, 2.75) is 47.1 Å². The first-order valence-electron chi connectivity index (χ1n) is 10.7. The Kier molecular flexibility index (Phi) is 5.17. The van der Waals surface area contributed by atoms with Gasteiger partial charge in [-0.2, -0.15) is 10.2 Å². The lowest BCUT2D eigenvalue weighted by Gasteiger charge is -2.11. The Morgan fingerprint density at radius 1 is 1.06 bits per heavy atom. The molecule has 1 fully saturated rings. The van der Waals surface area contributed by atoms with E-state index >= 15 is 0 Å². The summed E-state index contributed by atoms with van der Waals surface area (Å²) < 4.78 is 3.80. The second-order valence-corrected chi connectivity index (χ2v) is 8.80. The molecule has 1 N–H and O–H groups in total. The summed E-state index contributed by atoms with van der Waals surface area (Å²) in [5.41, 5.74) is 5.60. The van der Waals surface area contributed by atoms with Gasteiger partial charge in [0.1, 0.15) is 18.0 Å². The van der Waals surface area contributed by atoms with Crippen molar-refractivity contribution in [3.63, 3.8) is 0 Å². The van der Waals surface area contributed by atoms with Crippen LogP contribution < -0.4 is 5.32 Å². The van der Waals surface area contributed by atoms with Gasteiger partial charge in [-0.25, -0.2) is 19.3 Å². The van der Waals surface area contributed by atoms with Gasteiger partial charge in [-0.1, -0.05) is 11.6 Å². The zero-order chi connectivity index (χ0) is 22.4. The Bertz CT molecular complexity index is 1280. The van der Waals surface area contributed by atoms with Crippen molar-refractivity contribution in [2.24, 2.45) is 5.92 Å². The quantitative estimate of drug-likeness (QED) is 0.448. The molecular formula is C23H25ClN8. The molecule has 1 aliphatic rings. The molecular weight excluding hydrogens is 424 g/mol. The minimum Gasteiger partial charge on any atom is -0.325 e. The van der Waals surface area contributed by atoms with Crippen molar-refractivity contribution in [3.8, 4) is 17.1 Å². The lowest BCUT2D eigenvalue weighted by molar-refractivity contribution is 0.571. The highest BCUT2D eigenvalue weighted by atomic mass is 35.5. The Labute approximate surface area is 191 Å². The van der Waals surface area contributed by atoms with Gasteiger partial charge < -0.3 is 5.32 Å². The van der Waals surface area contributed by atoms with E-state index in [0.29, 0.717) is 22.6 Å². The number of hydrogen-bond donors (Lipinski definition) is 1. The van der Waals surface area contributed by atoms with Gasteiger partial charge in [-0.3, -0.25) is 4.98 Å². The van der Waals surface area contributed by atoms with Gasteiger partial charge in [0.05, 0.1) is 22.1 Å². The zero-order valence-electron chi connectivity index (χ0n) is 18.6. The van der Waals surface area contributed by atoms with Crippen LogP contribution in [0, 0.1) is 33.6 Å². The molecule has 8 nitrogen and oxygen atoms in total. The normalized spacial score (nSPS) is 13.5. The Morgan fingerprint density at radius 2 is 1.88 bits per heavy atom. The van der Waals surface area contributed by atoms with Crippen LogP contribution in [0.2, 0.25) is 5.02 Å². The molecule has 164 valence electrons. The van der Waals surface area contributed by atoms with Gasteiger partial charge >= 0.3 is 0 Å². The van der Waals surface area contributed by atoms with E-state index in [1.165, 1.54) is 19.2 Å². The van der Waals surface area contributed by atoms with Crippen LogP contribution in [0.4, 0.5) is 11.6 Å². The molecule has 1 aliphatic carbocycles. The highest BCUT2D eigenvalue weighted by Crippen LogP contribution is 2.35. The SMILES string of the molecule is Cc1ccc(-c2nn(CC3CC3)c(Nc3cc(-n4nc(C)c(Cl)c4C)ncn3)c2C)cn1. The maximum absolute atomic E-state index is 6.33. The maximum atomic E-state index is 6.33. The van der Waals surface area contributed by atoms with E-state index in [-0.39, 0.29) is 0 Å². The third-order valence-electron chi connectivity index (χ3n) is 5.82. The molecule has 1 saturated carbocycles. The molecule has 4 aromatic heterocycles.